The van der Waals surface area contributed by atoms with E-state index in [1.54, 1.807) is 0 Å². The van der Waals surface area contributed by atoms with Crippen LogP contribution >= 0.6 is 0 Å². The van der Waals surface area contributed by atoms with Crippen molar-refractivity contribution in [2.45, 2.75) is 44.5 Å². The van der Waals surface area contributed by atoms with Gasteiger partial charge in [-0.25, -0.2) is 4.79 Å². The van der Waals surface area contributed by atoms with E-state index >= 15 is 0 Å². The molecule has 1 aromatic rings. The van der Waals surface area contributed by atoms with Crippen LogP contribution in [0.3, 0.4) is 0 Å². The first kappa shape index (κ1) is 21.5. The molecule has 0 radical (unpaired) electrons. The fourth-order valence-corrected chi connectivity index (χ4v) is 6.17. The van der Waals surface area contributed by atoms with Crippen LogP contribution in [-0.4, -0.2) is 56.8 Å². The van der Waals surface area contributed by atoms with E-state index in [4.69, 9.17) is 14.2 Å². The zero-order valence-corrected chi connectivity index (χ0v) is 18.3. The Kier molecular flexibility index (Phi) is 6.02. The zero-order chi connectivity index (χ0) is 21.4. The van der Waals surface area contributed by atoms with Gasteiger partial charge in [-0.15, -0.1) is 0 Å². The summed E-state index contributed by atoms with van der Waals surface area (Å²) < 4.78 is 17.9. The van der Waals surface area contributed by atoms with E-state index in [9.17, 15) is 9.59 Å². The third-order valence-electron chi connectivity index (χ3n) is 7.43. The predicted octanol–water partition coefficient (Wildman–Crippen LogP) is 3.05. The lowest BCUT2D eigenvalue weighted by Gasteiger charge is -2.52. The fourth-order valence-electron chi connectivity index (χ4n) is 6.17. The van der Waals surface area contributed by atoms with E-state index < -0.39 is 11.8 Å². The van der Waals surface area contributed by atoms with E-state index in [2.05, 4.69) is 0 Å². The maximum Gasteiger partial charge on any atom is 0.366 e. The number of esters is 1. The average Bonchev–Trinajstić information content (AvgIpc) is 3.08. The van der Waals surface area contributed by atoms with E-state index in [0.717, 1.165) is 31.2 Å². The standard InChI is InChI=1S/C24H33NO5/c1-25(2)14-19-20(26)13-18-11-7-8-12-23(18)16-30-24(21(19)23,22(27)28-3)29-15-17-9-5-4-6-10-17/h4-6,9-10,18-19,21H,7-8,11-16H2,1-3H3/t18-,19-,21+,23-,24+/m1/s1. The van der Waals surface area contributed by atoms with E-state index in [1.807, 2.05) is 49.3 Å². The molecule has 0 bridgehead atoms. The SMILES string of the molecule is COC(=O)[C@@]1(OCc2ccccc2)OC[C@]23CCCC[C@@H]2CC(=O)[C@@H](CN(C)C)[C@H]13. The van der Waals surface area contributed by atoms with Crippen LogP contribution in [0, 0.1) is 23.2 Å². The van der Waals surface area contributed by atoms with Crippen molar-refractivity contribution >= 4 is 11.8 Å². The number of ether oxygens (including phenoxy) is 3. The molecule has 6 heteroatoms. The second-order valence-corrected chi connectivity index (χ2v) is 9.41. The largest absolute Gasteiger partial charge is 0.465 e. The van der Waals surface area contributed by atoms with Gasteiger partial charge in [0.05, 0.1) is 20.3 Å². The third kappa shape index (κ3) is 3.49. The Morgan fingerprint density at radius 1 is 1.23 bits per heavy atom. The molecule has 2 aliphatic carbocycles. The normalized spacial score (nSPS) is 35.7. The molecular formula is C24H33NO5. The number of nitrogens with zero attached hydrogens (tertiary/aromatic N) is 1. The Hall–Kier alpha value is -1.76. The molecule has 1 spiro atoms. The van der Waals surface area contributed by atoms with Gasteiger partial charge in [0.2, 0.25) is 0 Å². The van der Waals surface area contributed by atoms with Crippen molar-refractivity contribution in [3.63, 3.8) is 0 Å². The highest BCUT2D eigenvalue weighted by Gasteiger charge is 2.71. The quantitative estimate of drug-likeness (QED) is 0.666. The molecule has 0 aromatic heterocycles. The smallest absolute Gasteiger partial charge is 0.366 e. The summed E-state index contributed by atoms with van der Waals surface area (Å²) in [6.45, 7) is 1.26. The molecule has 1 saturated heterocycles. The molecule has 5 atom stereocenters. The van der Waals surface area contributed by atoms with Crippen molar-refractivity contribution in [1.29, 1.82) is 0 Å². The molecule has 3 fully saturated rings. The molecule has 164 valence electrons. The number of benzene rings is 1. The van der Waals surface area contributed by atoms with Gasteiger partial charge in [-0.3, -0.25) is 4.79 Å². The average molecular weight is 416 g/mol. The highest BCUT2D eigenvalue weighted by Crippen LogP contribution is 2.63. The lowest BCUT2D eigenvalue weighted by Crippen LogP contribution is -2.60. The molecule has 1 heterocycles. The van der Waals surface area contributed by atoms with Gasteiger partial charge < -0.3 is 19.1 Å². The van der Waals surface area contributed by atoms with Crippen molar-refractivity contribution in [3.8, 4) is 0 Å². The molecule has 0 N–H and O–H groups in total. The van der Waals surface area contributed by atoms with Crippen molar-refractivity contribution in [2.24, 2.45) is 23.2 Å². The second-order valence-electron chi connectivity index (χ2n) is 9.41. The third-order valence-corrected chi connectivity index (χ3v) is 7.43. The molecule has 1 aromatic carbocycles. The minimum absolute atomic E-state index is 0.211. The van der Waals surface area contributed by atoms with Crippen molar-refractivity contribution in [1.82, 2.24) is 4.90 Å². The van der Waals surface area contributed by atoms with Gasteiger partial charge in [0.15, 0.2) is 0 Å². The monoisotopic (exact) mass is 415 g/mol. The summed E-state index contributed by atoms with van der Waals surface area (Å²) >= 11 is 0. The molecule has 4 rings (SSSR count). The summed E-state index contributed by atoms with van der Waals surface area (Å²) in [6.07, 6.45) is 4.77. The number of hydrogen-bond donors (Lipinski definition) is 0. The summed E-state index contributed by atoms with van der Waals surface area (Å²) in [7, 11) is 5.30. The van der Waals surface area contributed by atoms with Gasteiger partial charge in [-0.1, -0.05) is 43.2 Å². The van der Waals surface area contributed by atoms with Crippen LogP contribution in [0.4, 0.5) is 0 Å². The number of methoxy groups -OCH3 is 1. The van der Waals surface area contributed by atoms with Gasteiger partial charge in [0.1, 0.15) is 5.78 Å². The maximum absolute atomic E-state index is 13.3. The van der Waals surface area contributed by atoms with Gasteiger partial charge >= 0.3 is 5.97 Å². The van der Waals surface area contributed by atoms with E-state index in [1.165, 1.54) is 7.11 Å². The molecule has 0 unspecified atom stereocenters. The number of carbonyl (C=O) groups is 2. The van der Waals surface area contributed by atoms with Crippen LogP contribution in [0.1, 0.15) is 37.7 Å². The highest BCUT2D eigenvalue weighted by atomic mass is 16.7. The molecule has 2 saturated carbocycles. The van der Waals surface area contributed by atoms with Crippen molar-refractivity contribution < 1.29 is 23.8 Å². The lowest BCUT2D eigenvalue weighted by molar-refractivity contribution is -0.255. The number of rotatable bonds is 6. The van der Waals surface area contributed by atoms with Crippen LogP contribution < -0.4 is 0 Å². The molecule has 0 amide bonds. The van der Waals surface area contributed by atoms with Crippen molar-refractivity contribution in [2.75, 3.05) is 34.4 Å². The van der Waals surface area contributed by atoms with Crippen LogP contribution in [0.5, 0.6) is 0 Å². The van der Waals surface area contributed by atoms with Gasteiger partial charge in [0, 0.05) is 30.2 Å². The highest BCUT2D eigenvalue weighted by molar-refractivity contribution is 5.86. The Morgan fingerprint density at radius 3 is 2.70 bits per heavy atom. The number of hydrogen-bond acceptors (Lipinski definition) is 6. The Morgan fingerprint density at radius 2 is 2.00 bits per heavy atom. The Labute approximate surface area is 178 Å². The fraction of sp³-hybridized carbons (Fsp3) is 0.667. The predicted molar refractivity (Wildman–Crippen MR) is 111 cm³/mol. The minimum atomic E-state index is -1.54. The van der Waals surface area contributed by atoms with Gasteiger partial charge in [-0.2, -0.15) is 0 Å². The van der Waals surface area contributed by atoms with E-state index in [-0.39, 0.29) is 35.6 Å². The van der Waals surface area contributed by atoms with Crippen LogP contribution in [-0.2, 0) is 30.4 Å². The Bertz CT molecular complexity index is 781. The summed E-state index contributed by atoms with van der Waals surface area (Å²) in [6, 6.07) is 9.75. The molecular weight excluding hydrogens is 382 g/mol. The first-order chi connectivity index (χ1) is 14.4. The van der Waals surface area contributed by atoms with Crippen LogP contribution in [0.25, 0.3) is 0 Å². The second kappa shape index (κ2) is 8.40. The topological polar surface area (TPSA) is 65.1 Å². The number of ketones is 1. The molecule has 30 heavy (non-hydrogen) atoms. The first-order valence-corrected chi connectivity index (χ1v) is 11.0. The minimum Gasteiger partial charge on any atom is -0.465 e. The molecule has 3 aliphatic rings. The summed E-state index contributed by atoms with van der Waals surface area (Å²) in [5, 5.41) is 0. The Balaban J connectivity index is 1.76. The van der Waals surface area contributed by atoms with Crippen molar-refractivity contribution in [3.05, 3.63) is 35.9 Å². The molecule has 1 aliphatic heterocycles. The molecule has 6 nitrogen and oxygen atoms in total. The van der Waals surface area contributed by atoms with Crippen LogP contribution in [0.2, 0.25) is 0 Å². The number of Topliss-reactive ketones (excluding diaryl/α,β-unsaturated/α-hetero) is 1. The zero-order valence-electron chi connectivity index (χ0n) is 18.3. The summed E-state index contributed by atoms with van der Waals surface area (Å²) in [5.74, 6) is -2.26. The lowest BCUT2D eigenvalue weighted by atomic mass is 9.51. The first-order valence-electron chi connectivity index (χ1n) is 11.0. The van der Waals surface area contributed by atoms with Gasteiger partial charge in [0.25, 0.3) is 5.79 Å². The summed E-state index contributed by atoms with van der Waals surface area (Å²) in [5.41, 5.74) is 0.745. The summed E-state index contributed by atoms with van der Waals surface area (Å²) in [4.78, 5) is 28.6. The van der Waals surface area contributed by atoms with Gasteiger partial charge in [-0.05, 0) is 38.4 Å². The van der Waals surface area contributed by atoms with Crippen LogP contribution in [0.15, 0.2) is 30.3 Å². The maximum atomic E-state index is 13.3. The van der Waals surface area contributed by atoms with E-state index in [0.29, 0.717) is 19.6 Å². The number of carbonyl (C=O) groups excluding carboxylic acids is 2.